The minimum atomic E-state index is -1.73. The van der Waals surface area contributed by atoms with Crippen molar-refractivity contribution in [2.45, 2.75) is 45.6 Å². The van der Waals surface area contributed by atoms with E-state index in [0.717, 1.165) is 11.7 Å². The van der Waals surface area contributed by atoms with Gasteiger partial charge in [0.2, 0.25) is 0 Å². The molecule has 11 heteroatoms. The molecule has 3 aliphatic heterocycles. The Bertz CT molecular complexity index is 664. The zero-order valence-electron chi connectivity index (χ0n) is 16.4. The Hall–Kier alpha value is -1.92. The number of amidine groups is 1. The van der Waals surface area contributed by atoms with E-state index in [1.807, 2.05) is 0 Å². The Morgan fingerprint density at radius 2 is 1.93 bits per heavy atom. The van der Waals surface area contributed by atoms with Crippen molar-refractivity contribution in [1.82, 2.24) is 10.1 Å². The monoisotopic (exact) mass is 398 g/mol. The molecule has 28 heavy (non-hydrogen) atoms. The number of epoxide rings is 1. The Morgan fingerprint density at radius 1 is 1.18 bits per heavy atom. The fourth-order valence-corrected chi connectivity index (χ4v) is 2.88. The molecule has 3 rings (SSSR count). The molecule has 0 N–H and O–H groups in total. The second-order valence-corrected chi connectivity index (χ2v) is 6.18. The highest BCUT2D eigenvalue weighted by Crippen LogP contribution is 2.34. The van der Waals surface area contributed by atoms with Crippen LogP contribution in [0.4, 0.5) is 4.79 Å². The van der Waals surface area contributed by atoms with Gasteiger partial charge in [0.25, 0.3) is 0 Å². The van der Waals surface area contributed by atoms with Gasteiger partial charge in [0.1, 0.15) is 11.9 Å². The van der Waals surface area contributed by atoms with E-state index >= 15 is 0 Å². The summed E-state index contributed by atoms with van der Waals surface area (Å²) in [6.07, 6.45) is 1.32. The quantitative estimate of drug-likeness (QED) is 0.354. The van der Waals surface area contributed by atoms with Crippen LogP contribution in [0.25, 0.3) is 0 Å². The number of hydrogen-bond donors (Lipinski definition) is 0. The summed E-state index contributed by atoms with van der Waals surface area (Å²) in [4.78, 5) is 45.0. The van der Waals surface area contributed by atoms with E-state index in [1.165, 1.54) is 0 Å². The van der Waals surface area contributed by atoms with Crippen LogP contribution in [0.3, 0.4) is 0 Å². The van der Waals surface area contributed by atoms with E-state index < -0.39 is 17.8 Å². The van der Waals surface area contributed by atoms with Crippen LogP contribution in [0.15, 0.2) is 9.98 Å². The largest absolute Gasteiger partial charge is 0.380 e. The topological polar surface area (TPSA) is 115 Å². The van der Waals surface area contributed by atoms with Crippen LogP contribution in [-0.4, -0.2) is 85.2 Å². The molecule has 3 heterocycles. The maximum Gasteiger partial charge on any atom is 0.380 e. The zero-order chi connectivity index (χ0) is 20.1. The minimum Gasteiger partial charge on any atom is -0.379 e. The second kappa shape index (κ2) is 9.05. The van der Waals surface area contributed by atoms with Crippen molar-refractivity contribution in [3.63, 3.8) is 0 Å². The third-order valence-electron chi connectivity index (χ3n) is 4.10. The number of ether oxygens (including phenoxy) is 3. The lowest BCUT2D eigenvalue weighted by Crippen LogP contribution is -2.68. The summed E-state index contributed by atoms with van der Waals surface area (Å²) in [5.41, 5.74) is -0.0573. The van der Waals surface area contributed by atoms with E-state index in [0.29, 0.717) is 37.0 Å². The molecule has 0 saturated carbocycles. The molecular weight excluding hydrogens is 372 g/mol. The number of imide groups is 1. The Labute approximate surface area is 163 Å². The first-order valence-corrected chi connectivity index (χ1v) is 9.53. The summed E-state index contributed by atoms with van der Waals surface area (Å²) >= 11 is 0. The predicted octanol–water partition coefficient (Wildman–Crippen LogP) is 0.893. The van der Waals surface area contributed by atoms with Gasteiger partial charge < -0.3 is 14.2 Å². The molecule has 11 nitrogen and oxygen atoms in total. The average molecular weight is 398 g/mol. The number of carbonyl (C=O) groups is 2. The van der Waals surface area contributed by atoms with Gasteiger partial charge in [0.15, 0.2) is 5.71 Å². The summed E-state index contributed by atoms with van der Waals surface area (Å²) < 4.78 is 16.3. The normalized spacial score (nSPS) is 26.5. The summed E-state index contributed by atoms with van der Waals surface area (Å²) in [7, 11) is 0. The molecule has 0 aliphatic carbocycles. The lowest BCUT2D eigenvalue weighted by molar-refractivity contribution is -0.264. The zero-order valence-corrected chi connectivity index (χ0v) is 16.4. The summed E-state index contributed by atoms with van der Waals surface area (Å²) in [6, 6.07) is -0.807. The molecule has 0 spiro atoms. The van der Waals surface area contributed by atoms with Crippen molar-refractivity contribution in [1.29, 1.82) is 0 Å². The van der Waals surface area contributed by atoms with Gasteiger partial charge in [-0.05, 0) is 27.2 Å². The molecule has 0 aromatic heterocycles. The highest BCUT2D eigenvalue weighted by Gasteiger charge is 2.61. The van der Waals surface area contributed by atoms with E-state index in [2.05, 4.69) is 9.98 Å². The number of hydroxylamine groups is 4. The Kier molecular flexibility index (Phi) is 6.73. The van der Waals surface area contributed by atoms with Crippen LogP contribution >= 0.6 is 0 Å². The van der Waals surface area contributed by atoms with Gasteiger partial charge in [-0.1, -0.05) is 0 Å². The summed E-state index contributed by atoms with van der Waals surface area (Å²) in [5.74, 6) is -2.05. The van der Waals surface area contributed by atoms with E-state index in [4.69, 9.17) is 23.9 Å². The number of hydrogen-bond acceptors (Lipinski definition) is 9. The first-order valence-electron chi connectivity index (χ1n) is 9.53. The SMILES string of the molecule is CCON1C(=O)C2=NC(CCCOCC3CO3)=NC2(OCC)N(OCC)C1=O. The predicted molar refractivity (Wildman–Crippen MR) is 96.4 cm³/mol. The average Bonchev–Trinajstić information content (AvgIpc) is 3.43. The number of aliphatic imine (C=N–C) groups is 2. The maximum atomic E-state index is 12.8. The van der Waals surface area contributed by atoms with Crippen molar-refractivity contribution < 1.29 is 33.5 Å². The van der Waals surface area contributed by atoms with Crippen molar-refractivity contribution in [3.05, 3.63) is 0 Å². The second-order valence-electron chi connectivity index (χ2n) is 6.18. The molecule has 0 bridgehead atoms. The van der Waals surface area contributed by atoms with Crippen LogP contribution in [0.2, 0.25) is 0 Å². The van der Waals surface area contributed by atoms with Crippen molar-refractivity contribution >= 4 is 23.5 Å². The maximum absolute atomic E-state index is 12.8. The number of urea groups is 1. The van der Waals surface area contributed by atoms with Gasteiger partial charge >= 0.3 is 17.8 Å². The highest BCUT2D eigenvalue weighted by molar-refractivity contribution is 6.47. The van der Waals surface area contributed by atoms with Gasteiger partial charge in [0.05, 0.1) is 26.4 Å². The molecule has 2 fully saturated rings. The first kappa shape index (κ1) is 20.8. The fourth-order valence-electron chi connectivity index (χ4n) is 2.88. The van der Waals surface area contributed by atoms with Crippen molar-refractivity contribution in [3.8, 4) is 0 Å². The smallest absolute Gasteiger partial charge is 0.379 e. The van der Waals surface area contributed by atoms with Gasteiger partial charge in [-0.15, -0.1) is 10.1 Å². The number of rotatable bonds is 12. The Morgan fingerprint density at radius 3 is 2.57 bits per heavy atom. The van der Waals surface area contributed by atoms with Gasteiger partial charge in [-0.2, -0.15) is 0 Å². The van der Waals surface area contributed by atoms with Crippen molar-refractivity contribution in [2.75, 3.05) is 39.6 Å². The van der Waals surface area contributed by atoms with Gasteiger partial charge in [-0.25, -0.2) is 14.8 Å². The van der Waals surface area contributed by atoms with Crippen LogP contribution in [0, 0.1) is 0 Å². The fraction of sp³-hybridized carbons (Fsp3) is 0.765. The van der Waals surface area contributed by atoms with E-state index in [-0.39, 0.29) is 31.6 Å². The molecule has 0 aromatic rings. The van der Waals surface area contributed by atoms with E-state index in [9.17, 15) is 9.59 Å². The molecule has 0 radical (unpaired) electrons. The number of amides is 3. The number of carbonyl (C=O) groups excluding carboxylic acids is 2. The highest BCUT2D eigenvalue weighted by atomic mass is 16.8. The third-order valence-corrected chi connectivity index (χ3v) is 4.10. The summed E-state index contributed by atoms with van der Waals surface area (Å²) in [5, 5.41) is 1.54. The van der Waals surface area contributed by atoms with Crippen LogP contribution in [-0.2, 0) is 28.7 Å². The molecule has 156 valence electrons. The molecule has 3 aliphatic rings. The Balaban J connectivity index is 1.78. The van der Waals surface area contributed by atoms with Crippen LogP contribution in [0.1, 0.15) is 33.6 Å². The van der Waals surface area contributed by atoms with Crippen LogP contribution in [0.5, 0.6) is 0 Å². The summed E-state index contributed by atoms with van der Waals surface area (Å²) in [6.45, 7) is 7.44. The molecule has 2 unspecified atom stereocenters. The number of fused-ring (bicyclic) bond motifs is 1. The lowest BCUT2D eigenvalue weighted by atomic mass is 10.2. The standard InChI is InChI=1S/C17H26N4O7/c1-4-26-17-14(15(22)20(27-5-2)16(23)21(17)28-6-3)18-13(19-17)8-7-9-24-10-12-11-25-12/h12H,4-11H2,1-3H3. The third kappa shape index (κ3) is 4.08. The number of nitrogens with zero attached hydrogens (tertiary/aromatic N) is 4. The van der Waals surface area contributed by atoms with Gasteiger partial charge in [0, 0.05) is 19.6 Å². The van der Waals surface area contributed by atoms with Crippen molar-refractivity contribution in [2.24, 2.45) is 9.98 Å². The lowest BCUT2D eigenvalue weighted by Gasteiger charge is -2.42. The molecule has 2 atom stereocenters. The van der Waals surface area contributed by atoms with Crippen LogP contribution < -0.4 is 0 Å². The molecular formula is C17H26N4O7. The molecule has 2 saturated heterocycles. The molecule has 3 amide bonds. The first-order chi connectivity index (χ1) is 13.6. The van der Waals surface area contributed by atoms with E-state index in [1.54, 1.807) is 20.8 Å². The van der Waals surface area contributed by atoms with Gasteiger partial charge in [-0.3, -0.25) is 14.5 Å². The molecule has 0 aromatic carbocycles. The minimum absolute atomic E-state index is 0.0573.